The average molecular weight is 253 g/mol. The molecule has 0 bridgehead atoms. The van der Waals surface area contributed by atoms with Crippen molar-refractivity contribution < 1.29 is 14.3 Å². The highest BCUT2D eigenvalue weighted by molar-refractivity contribution is 6.52. The zero-order valence-corrected chi connectivity index (χ0v) is 8.86. The lowest BCUT2D eigenvalue weighted by Gasteiger charge is -2.23. The Labute approximate surface area is 94.2 Å². The molecular weight excluding hydrogens is 250 g/mol. The van der Waals surface area contributed by atoms with Gasteiger partial charge in [-0.2, -0.15) is 0 Å². The number of fused-ring (bicyclic) bond motifs is 1. The van der Waals surface area contributed by atoms with E-state index in [0.29, 0.717) is 0 Å². The van der Waals surface area contributed by atoms with Gasteiger partial charge in [-0.3, -0.25) is 4.79 Å². The Morgan fingerprint density at radius 2 is 2.00 bits per heavy atom. The van der Waals surface area contributed by atoms with E-state index in [2.05, 4.69) is 4.74 Å². The maximum atomic E-state index is 11.3. The number of hydrogen-bond donors (Lipinski definition) is 0. The molecule has 0 saturated carbocycles. The maximum absolute atomic E-state index is 11.3. The molecule has 1 fully saturated rings. The van der Waals surface area contributed by atoms with Crippen molar-refractivity contribution in [3.05, 3.63) is 22.2 Å². The number of esters is 2. The van der Waals surface area contributed by atoms with Crippen molar-refractivity contribution in [2.75, 3.05) is 0 Å². The molecule has 1 aliphatic carbocycles. The van der Waals surface area contributed by atoms with Gasteiger partial charge in [0.1, 0.15) is 5.92 Å². The molecule has 1 saturated heterocycles. The molecule has 0 spiro atoms. The Kier molecular flexibility index (Phi) is 2.14. The lowest BCUT2D eigenvalue weighted by atomic mass is 9.89. The highest BCUT2D eigenvalue weighted by Crippen LogP contribution is 2.47. The second kappa shape index (κ2) is 2.99. The molecule has 6 heteroatoms. The van der Waals surface area contributed by atoms with Gasteiger partial charge in [0, 0.05) is 0 Å². The number of carbonyl (C=O) groups excluding carboxylic acids is 2. The topological polar surface area (TPSA) is 43.4 Å². The van der Waals surface area contributed by atoms with Gasteiger partial charge in [-0.1, -0.05) is 40.9 Å². The SMILES string of the molecule is O=C1OC(=O)C2(Cl)C(Cl)=C(Cl)C=CC12. The molecular formula is C8H3Cl3O3. The first-order valence-electron chi connectivity index (χ1n) is 3.67. The summed E-state index contributed by atoms with van der Waals surface area (Å²) < 4.78 is 4.39. The van der Waals surface area contributed by atoms with Crippen LogP contribution in [0.2, 0.25) is 0 Å². The third-order valence-electron chi connectivity index (χ3n) is 2.14. The predicted molar refractivity (Wildman–Crippen MR) is 51.0 cm³/mol. The number of ether oxygens (including phenoxy) is 1. The van der Waals surface area contributed by atoms with Crippen molar-refractivity contribution in [3.63, 3.8) is 0 Å². The van der Waals surface area contributed by atoms with Gasteiger partial charge in [0.2, 0.25) is 0 Å². The van der Waals surface area contributed by atoms with E-state index in [4.69, 9.17) is 34.8 Å². The van der Waals surface area contributed by atoms with E-state index in [0.717, 1.165) is 0 Å². The van der Waals surface area contributed by atoms with E-state index in [9.17, 15) is 9.59 Å². The number of halogens is 3. The largest absolute Gasteiger partial charge is 0.391 e. The van der Waals surface area contributed by atoms with Crippen LogP contribution in [0.5, 0.6) is 0 Å². The number of cyclic esters (lactones) is 2. The van der Waals surface area contributed by atoms with Crippen LogP contribution in [-0.4, -0.2) is 16.8 Å². The van der Waals surface area contributed by atoms with Crippen LogP contribution in [0, 0.1) is 5.92 Å². The second-order valence-electron chi connectivity index (χ2n) is 2.92. The first-order chi connectivity index (χ1) is 6.48. The fourth-order valence-electron chi connectivity index (χ4n) is 1.38. The summed E-state index contributed by atoms with van der Waals surface area (Å²) in [6, 6.07) is 0. The summed E-state index contributed by atoms with van der Waals surface area (Å²) in [5, 5.41) is 0.0775. The van der Waals surface area contributed by atoms with Crippen LogP contribution >= 0.6 is 34.8 Å². The summed E-state index contributed by atoms with van der Waals surface area (Å²) in [5.41, 5.74) is 0. The van der Waals surface area contributed by atoms with E-state index < -0.39 is 22.7 Å². The molecule has 74 valence electrons. The summed E-state index contributed by atoms with van der Waals surface area (Å²) >= 11 is 17.4. The quantitative estimate of drug-likeness (QED) is 0.376. The normalized spacial score (nSPS) is 36.1. The van der Waals surface area contributed by atoms with Gasteiger partial charge in [0.15, 0.2) is 4.87 Å². The highest BCUT2D eigenvalue weighted by Gasteiger charge is 2.59. The van der Waals surface area contributed by atoms with Crippen LogP contribution in [0.3, 0.4) is 0 Å². The molecule has 2 aliphatic rings. The number of allylic oxidation sites excluding steroid dienone is 2. The van der Waals surface area contributed by atoms with Crippen molar-refractivity contribution in [1.29, 1.82) is 0 Å². The predicted octanol–water partition coefficient (Wildman–Crippen LogP) is 1.92. The first-order valence-corrected chi connectivity index (χ1v) is 4.80. The van der Waals surface area contributed by atoms with E-state index in [1.54, 1.807) is 0 Å². The molecule has 14 heavy (non-hydrogen) atoms. The van der Waals surface area contributed by atoms with Crippen LogP contribution in [-0.2, 0) is 14.3 Å². The van der Waals surface area contributed by atoms with Gasteiger partial charge < -0.3 is 4.74 Å². The molecule has 0 radical (unpaired) electrons. The molecule has 2 rings (SSSR count). The fraction of sp³-hybridized carbons (Fsp3) is 0.250. The molecule has 2 unspecified atom stereocenters. The maximum Gasteiger partial charge on any atom is 0.341 e. The summed E-state index contributed by atoms with van der Waals surface area (Å²) in [7, 11) is 0. The Balaban J connectivity index is 2.60. The van der Waals surface area contributed by atoms with Gasteiger partial charge in [-0.05, 0) is 6.08 Å². The molecule has 0 aromatic heterocycles. The van der Waals surface area contributed by atoms with Crippen molar-refractivity contribution >= 4 is 46.7 Å². The van der Waals surface area contributed by atoms with Crippen LogP contribution in [0.25, 0.3) is 0 Å². The first kappa shape index (κ1) is 10.0. The summed E-state index contributed by atoms with van der Waals surface area (Å²) in [5.74, 6) is -2.46. The van der Waals surface area contributed by atoms with Crippen LogP contribution in [0.15, 0.2) is 22.2 Å². The van der Waals surface area contributed by atoms with E-state index in [-0.39, 0.29) is 10.1 Å². The summed E-state index contributed by atoms with van der Waals surface area (Å²) in [6.07, 6.45) is 2.84. The Morgan fingerprint density at radius 1 is 1.36 bits per heavy atom. The Morgan fingerprint density at radius 3 is 2.64 bits per heavy atom. The minimum atomic E-state index is -1.66. The van der Waals surface area contributed by atoms with Crippen molar-refractivity contribution in [3.8, 4) is 0 Å². The zero-order valence-electron chi connectivity index (χ0n) is 6.59. The van der Waals surface area contributed by atoms with Crippen molar-refractivity contribution in [1.82, 2.24) is 0 Å². The van der Waals surface area contributed by atoms with E-state index >= 15 is 0 Å². The molecule has 0 aromatic carbocycles. The highest BCUT2D eigenvalue weighted by atomic mass is 35.5. The van der Waals surface area contributed by atoms with E-state index in [1.165, 1.54) is 12.2 Å². The molecule has 0 amide bonds. The van der Waals surface area contributed by atoms with Crippen molar-refractivity contribution in [2.24, 2.45) is 5.92 Å². The van der Waals surface area contributed by atoms with Gasteiger partial charge in [0.05, 0.1) is 10.1 Å². The molecule has 2 atom stereocenters. The van der Waals surface area contributed by atoms with Gasteiger partial charge in [0.25, 0.3) is 0 Å². The number of rotatable bonds is 0. The second-order valence-corrected chi connectivity index (χ2v) is 4.30. The van der Waals surface area contributed by atoms with Crippen LogP contribution in [0.1, 0.15) is 0 Å². The lowest BCUT2D eigenvalue weighted by molar-refractivity contribution is -0.153. The van der Waals surface area contributed by atoms with Crippen LogP contribution < -0.4 is 0 Å². The fourth-order valence-corrected chi connectivity index (χ4v) is 2.21. The molecule has 0 aromatic rings. The molecule has 1 aliphatic heterocycles. The molecule has 3 nitrogen and oxygen atoms in total. The number of hydrogen-bond acceptors (Lipinski definition) is 3. The van der Waals surface area contributed by atoms with E-state index in [1.807, 2.05) is 0 Å². The molecule has 1 heterocycles. The average Bonchev–Trinajstić information content (AvgIpc) is 2.34. The van der Waals surface area contributed by atoms with Gasteiger partial charge in [-0.15, -0.1) is 0 Å². The number of carbonyl (C=O) groups is 2. The molecule has 0 N–H and O–H groups in total. The third-order valence-corrected chi connectivity index (χ3v) is 3.73. The van der Waals surface area contributed by atoms with Gasteiger partial charge in [-0.25, -0.2) is 4.79 Å². The van der Waals surface area contributed by atoms with Crippen LogP contribution in [0.4, 0.5) is 0 Å². The minimum Gasteiger partial charge on any atom is -0.391 e. The Bertz CT molecular complexity index is 399. The zero-order chi connectivity index (χ0) is 10.5. The standard InChI is InChI=1S/C8H3Cl3O3/c9-4-2-1-3-6(12)14-7(13)8(3,11)5(4)10/h1-3H. The third kappa shape index (κ3) is 1.06. The minimum absolute atomic E-state index is 0.0656. The monoisotopic (exact) mass is 252 g/mol. The van der Waals surface area contributed by atoms with Gasteiger partial charge >= 0.3 is 11.9 Å². The summed E-state index contributed by atoms with van der Waals surface area (Å²) in [4.78, 5) is 20.8. The smallest absolute Gasteiger partial charge is 0.341 e. The number of alkyl halides is 1. The Hall–Kier alpha value is -0.510. The summed E-state index contributed by atoms with van der Waals surface area (Å²) in [6.45, 7) is 0. The lowest BCUT2D eigenvalue weighted by Crippen LogP contribution is -2.37. The van der Waals surface area contributed by atoms with Crippen molar-refractivity contribution in [2.45, 2.75) is 4.87 Å².